The van der Waals surface area contributed by atoms with Crippen LogP contribution in [0, 0.1) is 29.2 Å². The molecular weight excluding hydrogens is 1490 g/mol. The van der Waals surface area contributed by atoms with Crippen LogP contribution >= 0.6 is 39.1 Å². The number of hydrogen-bond acceptors (Lipinski definition) is 20. The fourth-order valence-corrected chi connectivity index (χ4v) is 13.3. The number of aromatic nitrogens is 4. The molecule has 0 saturated carbocycles. The number of ether oxygens (including phenoxy) is 4. The smallest absolute Gasteiger partial charge is 0.488 e. The highest BCUT2D eigenvalue weighted by atomic mass is 79.9. The van der Waals surface area contributed by atoms with Gasteiger partial charge in [-0.3, -0.25) is 19.6 Å². The molecule has 6 aliphatic rings. The molecule has 6 aromatic carbocycles. The van der Waals surface area contributed by atoms with E-state index in [-0.39, 0.29) is 51.7 Å². The van der Waals surface area contributed by atoms with Crippen LogP contribution < -0.4 is 41.4 Å². The lowest BCUT2D eigenvalue weighted by atomic mass is 9.79. The van der Waals surface area contributed by atoms with Gasteiger partial charge in [0.2, 0.25) is 11.3 Å². The van der Waals surface area contributed by atoms with E-state index in [0.29, 0.717) is 53.7 Å². The van der Waals surface area contributed by atoms with Gasteiger partial charge in [-0.15, -0.1) is 0 Å². The van der Waals surface area contributed by atoms with Crippen LogP contribution in [0.15, 0.2) is 152 Å². The molecule has 1 amide bonds. The molecule has 0 radical (unpaired) electrons. The first kappa shape index (κ1) is 79.2. The average molecular weight is 1570 g/mol. The lowest BCUT2D eigenvalue weighted by Gasteiger charge is -2.32. The summed E-state index contributed by atoms with van der Waals surface area (Å²) in [6.45, 7) is 26.9. The number of carbonyl (C=O) groups excluding carboxylic acids is 1. The van der Waals surface area contributed by atoms with Crippen molar-refractivity contribution >= 4 is 109 Å². The second-order valence-electron chi connectivity index (χ2n) is 27.2. The van der Waals surface area contributed by atoms with E-state index in [1.54, 1.807) is 32.3 Å². The molecule has 4 N–H and O–H groups in total. The normalized spacial score (nSPS) is 16.6. The van der Waals surface area contributed by atoms with Crippen molar-refractivity contribution in [3.05, 3.63) is 215 Å². The van der Waals surface area contributed by atoms with E-state index in [9.17, 15) is 32.3 Å². The second-order valence-corrected chi connectivity index (χ2v) is 29.0. The number of anilines is 5. The number of nitrogens with one attached hydrogen (secondary N) is 1. The fraction of sp³-hybridized carbons (Fsp3) is 0.359. The molecule has 15 rings (SSSR count). The number of nitrogens with zero attached hydrogens (tertiary/aromatic N) is 9. The van der Waals surface area contributed by atoms with Gasteiger partial charge in [0.05, 0.1) is 137 Å². The van der Waals surface area contributed by atoms with Crippen molar-refractivity contribution in [1.29, 1.82) is 0 Å². The number of hydrogen-bond donors (Lipinski definition) is 3. The van der Waals surface area contributed by atoms with E-state index in [1.807, 2.05) is 84.0 Å². The Morgan fingerprint density at radius 3 is 1.73 bits per heavy atom. The number of nitrogen functional groups attached to an aromatic ring is 1. The van der Waals surface area contributed by atoms with Gasteiger partial charge in [0, 0.05) is 60.8 Å². The maximum atomic E-state index is 14.5. The van der Waals surface area contributed by atoms with E-state index in [1.165, 1.54) is 67.8 Å². The Balaban J connectivity index is 0.000000135. The summed E-state index contributed by atoms with van der Waals surface area (Å²) in [5, 5.41) is 13.7. The number of aliphatic hydroxyl groups excluding tert-OH is 1. The predicted octanol–water partition coefficient (Wildman–Crippen LogP) is 13.9. The summed E-state index contributed by atoms with van der Waals surface area (Å²) in [6, 6.07) is 30.7. The van der Waals surface area contributed by atoms with Crippen LogP contribution in [0.2, 0.25) is 10.0 Å². The van der Waals surface area contributed by atoms with Gasteiger partial charge in [-0.1, -0.05) is 83.3 Å². The van der Waals surface area contributed by atoms with Gasteiger partial charge in [0.15, 0.2) is 11.6 Å². The Morgan fingerprint density at radius 1 is 0.626 bits per heavy atom. The number of fused-ring (bicyclic) bond motifs is 3. The van der Waals surface area contributed by atoms with Gasteiger partial charge in [0.25, 0.3) is 0 Å². The number of rotatable bonds is 12. The highest BCUT2D eigenvalue weighted by Crippen LogP contribution is 2.39. The first-order valence-electron chi connectivity index (χ1n) is 35.0. The Morgan fingerprint density at radius 2 is 1.17 bits per heavy atom. The average Bonchev–Trinajstić information content (AvgIpc) is 1.73. The molecule has 0 bridgehead atoms. The molecule has 9 aromatic rings. The first-order chi connectivity index (χ1) is 51.2. The topological polar surface area (TPSA) is 247 Å². The Labute approximate surface area is 636 Å². The maximum absolute atomic E-state index is 14.5. The maximum Gasteiger partial charge on any atom is 0.494 e. The van der Waals surface area contributed by atoms with E-state index < -0.39 is 53.1 Å². The number of morpholine rings is 3. The second kappa shape index (κ2) is 35.0. The molecule has 562 valence electrons. The summed E-state index contributed by atoms with van der Waals surface area (Å²) in [4.78, 5) is 57.3. The minimum atomic E-state index is -1.07. The van der Waals surface area contributed by atoms with Crippen LogP contribution in [0.1, 0.15) is 108 Å². The van der Waals surface area contributed by atoms with Crippen molar-refractivity contribution in [2.75, 3.05) is 105 Å². The van der Waals surface area contributed by atoms with Crippen molar-refractivity contribution in [3.8, 4) is 16.9 Å². The molecule has 29 heteroatoms. The quantitative estimate of drug-likeness (QED) is 0.0760. The third-order valence-corrected chi connectivity index (χ3v) is 19.6. The summed E-state index contributed by atoms with van der Waals surface area (Å²) in [5.74, 6) is -0.902. The molecule has 4 saturated heterocycles. The number of aliphatic imine (C=N–C) groups is 2. The van der Waals surface area contributed by atoms with Crippen LogP contribution in [0.5, 0.6) is 5.75 Å². The minimum Gasteiger partial charge on any atom is -0.488 e. The number of halogens is 7. The number of nitrogens with two attached hydrogens (primary N) is 1. The van der Waals surface area contributed by atoms with Crippen LogP contribution in [0.25, 0.3) is 22.1 Å². The summed E-state index contributed by atoms with van der Waals surface area (Å²) in [7, 11) is -0.616. The lowest BCUT2D eigenvalue weighted by molar-refractivity contribution is -0.118. The molecule has 0 spiro atoms. The van der Waals surface area contributed by atoms with Gasteiger partial charge in [-0.2, -0.15) is 0 Å². The van der Waals surface area contributed by atoms with Crippen molar-refractivity contribution in [3.63, 3.8) is 0 Å². The van der Waals surface area contributed by atoms with Gasteiger partial charge in [0.1, 0.15) is 64.6 Å². The molecule has 1 unspecified atom stereocenters. The third-order valence-electron chi connectivity index (χ3n) is 18.5. The zero-order chi connectivity index (χ0) is 76.4. The molecule has 0 aliphatic carbocycles. The molecule has 3 aromatic heterocycles. The SMILES string of the molecule is CC(C)C(=O)Nc1ccc(B2OC(C)(C)C(C)(C)O2)cc1F.CC(C)Oc1ccc(C2=NCc3ncnc(N4CCOCC4)c32)cc1F.CC(O)c1oc2cccc(F)c2c(=O)c1-c1ccc(F)cc1.Clc1cc(Br)ccc1N1CCOCC1.Nc1ncnc2c1C(c1ccc(N3CCOCC3)c(Cl)c1)=NC2. The van der Waals surface area contributed by atoms with Gasteiger partial charge < -0.3 is 63.5 Å². The lowest BCUT2D eigenvalue weighted by Crippen LogP contribution is -2.41. The Hall–Kier alpha value is -8.90. The van der Waals surface area contributed by atoms with Crippen LogP contribution in [0.3, 0.4) is 0 Å². The fourth-order valence-electron chi connectivity index (χ4n) is 12.2. The molecule has 21 nitrogen and oxygen atoms in total. The molecular formula is C78H83BBrCl2F4N11O10. The standard InChI is InChI=1S/C19H21FN4O2.C17H12F2O3.C16H23BFNO3.C16H16ClN5O.C10H11BrClNO/c1-12(2)26-16-4-3-13(9-14(16)20)18-17-15(10-21-18)22-11-23-19(17)24-5-7-25-8-6-24;1-9(20)17-14(10-5-7-11(18)8-6-10)16(21)15-12(19)3-2-4-13(15)22-17;1-10(2)14(20)19-13-8-7-11(9-12(13)18)17-21-15(3,4)16(5,6)22-17;17-11-7-10(1-2-13(11)22-3-5-23-6-4-22)15-14-12(8-19-15)20-9-21-16(14)18;11-8-1-2-10(9(12)7-8)13-3-5-14-6-4-13/h3-4,9,11-12H,5-8,10H2,1-2H3;2-9,20H,1H3;7-10H,1-6H3,(H,19,20);1-2,7,9H,3-6,8H2,(H2,18,20,21);1-2,7H,3-6H2. The van der Waals surface area contributed by atoms with E-state index >= 15 is 0 Å². The summed E-state index contributed by atoms with van der Waals surface area (Å²) >= 11 is 16.1. The van der Waals surface area contributed by atoms with Crippen molar-refractivity contribution in [2.45, 2.75) is 98.8 Å². The van der Waals surface area contributed by atoms with E-state index in [0.717, 1.165) is 138 Å². The number of aliphatic hydroxyl groups is 1. The molecule has 1 atom stereocenters. The summed E-state index contributed by atoms with van der Waals surface area (Å²) in [5.41, 5.74) is 14.4. The van der Waals surface area contributed by atoms with Crippen LogP contribution in [0.4, 0.5) is 46.3 Å². The van der Waals surface area contributed by atoms with Crippen molar-refractivity contribution in [2.24, 2.45) is 15.9 Å². The zero-order valence-electron chi connectivity index (χ0n) is 60.7. The van der Waals surface area contributed by atoms with Gasteiger partial charge >= 0.3 is 7.12 Å². The summed E-state index contributed by atoms with van der Waals surface area (Å²) < 4.78 is 95.6. The minimum absolute atomic E-state index is 0.0229. The van der Waals surface area contributed by atoms with E-state index in [4.69, 9.17) is 61.6 Å². The van der Waals surface area contributed by atoms with Crippen molar-refractivity contribution in [1.82, 2.24) is 19.9 Å². The highest BCUT2D eigenvalue weighted by molar-refractivity contribution is 9.10. The highest BCUT2D eigenvalue weighted by Gasteiger charge is 2.52. The molecule has 6 aliphatic heterocycles. The number of carbonyl (C=O) groups is 1. The van der Waals surface area contributed by atoms with E-state index in [2.05, 4.69) is 65.9 Å². The van der Waals surface area contributed by atoms with Gasteiger partial charge in [-0.25, -0.2) is 37.5 Å². The number of amides is 1. The predicted molar refractivity (Wildman–Crippen MR) is 413 cm³/mol. The van der Waals surface area contributed by atoms with Gasteiger partial charge in [-0.05, 0) is 144 Å². The van der Waals surface area contributed by atoms with Crippen LogP contribution in [-0.4, -0.2) is 146 Å². The Kier molecular flexibility index (Phi) is 25.9. The van der Waals surface area contributed by atoms with Crippen molar-refractivity contribution < 1.29 is 60.1 Å². The van der Waals surface area contributed by atoms with Crippen LogP contribution in [-0.2, 0) is 41.4 Å². The molecule has 9 heterocycles. The molecule has 107 heavy (non-hydrogen) atoms. The molecule has 4 fully saturated rings. The largest absolute Gasteiger partial charge is 0.494 e. The zero-order valence-corrected chi connectivity index (χ0v) is 63.8. The Bertz CT molecular complexity index is 4800. The first-order valence-corrected chi connectivity index (χ1v) is 36.6. The summed E-state index contributed by atoms with van der Waals surface area (Å²) in [6.07, 6.45) is 1.89. The number of benzene rings is 6. The monoisotopic (exact) mass is 1570 g/mol. The third kappa shape index (κ3) is 18.8.